The number of hydrogen-bond acceptors (Lipinski definition) is 4. The van der Waals surface area contributed by atoms with Crippen molar-refractivity contribution >= 4 is 5.91 Å². The Bertz CT molecular complexity index is 868. The van der Waals surface area contributed by atoms with E-state index in [1.807, 2.05) is 30.3 Å². The molecule has 1 aliphatic carbocycles. The van der Waals surface area contributed by atoms with Crippen LogP contribution in [-0.2, 0) is 22.6 Å². The van der Waals surface area contributed by atoms with Gasteiger partial charge >= 0.3 is 0 Å². The van der Waals surface area contributed by atoms with Crippen molar-refractivity contribution in [3.63, 3.8) is 0 Å². The average Bonchev–Trinajstić information content (AvgIpc) is 3.17. The van der Waals surface area contributed by atoms with Gasteiger partial charge in [-0.2, -0.15) is 0 Å². The van der Waals surface area contributed by atoms with Gasteiger partial charge in [0.15, 0.2) is 11.5 Å². The Balaban J connectivity index is 1.63. The summed E-state index contributed by atoms with van der Waals surface area (Å²) < 4.78 is 17.3. The molecule has 0 fully saturated rings. The summed E-state index contributed by atoms with van der Waals surface area (Å²) in [6, 6.07) is 13.9. The van der Waals surface area contributed by atoms with Crippen molar-refractivity contribution in [3.8, 4) is 11.5 Å². The van der Waals surface area contributed by atoms with Crippen molar-refractivity contribution in [2.24, 2.45) is 0 Å². The predicted molar refractivity (Wildman–Crippen MR) is 132 cm³/mol. The zero-order valence-electron chi connectivity index (χ0n) is 20.4. The van der Waals surface area contributed by atoms with E-state index >= 15 is 0 Å². The molecule has 0 aromatic heterocycles. The Kier molecular flexibility index (Phi) is 10.1. The highest BCUT2D eigenvalue weighted by molar-refractivity contribution is 5.77. The fourth-order valence-electron chi connectivity index (χ4n) is 4.53. The van der Waals surface area contributed by atoms with E-state index in [0.717, 1.165) is 36.0 Å². The monoisotopic (exact) mass is 453 g/mol. The molecule has 2 atom stereocenters. The maximum absolute atomic E-state index is 12.8. The molecular formula is C28H39NO4. The smallest absolute Gasteiger partial charge is 0.220 e. The minimum Gasteiger partial charge on any atom is -0.493 e. The number of fused-ring (bicyclic) bond motifs is 1. The maximum Gasteiger partial charge on any atom is 0.220 e. The van der Waals surface area contributed by atoms with Crippen LogP contribution in [0.25, 0.3) is 0 Å². The summed E-state index contributed by atoms with van der Waals surface area (Å²) in [5, 5.41) is 3.26. The summed E-state index contributed by atoms with van der Waals surface area (Å²) in [5.74, 6) is 1.46. The highest BCUT2D eigenvalue weighted by Crippen LogP contribution is 2.41. The number of amides is 1. The molecule has 2 aromatic carbocycles. The number of hydrogen-bond donors (Lipinski definition) is 1. The summed E-state index contributed by atoms with van der Waals surface area (Å²) in [6.07, 6.45) is 9.53. The lowest BCUT2D eigenvalue weighted by Crippen LogP contribution is -2.35. The molecule has 3 rings (SSSR count). The lowest BCUT2D eigenvalue weighted by atomic mass is 10.1. The van der Waals surface area contributed by atoms with Crippen molar-refractivity contribution < 1.29 is 19.0 Å². The molecule has 1 amide bonds. The number of carbonyl (C=O) groups is 1. The minimum atomic E-state index is -0.194. The Labute approximate surface area is 198 Å². The molecule has 1 aliphatic rings. The fourth-order valence-corrected chi connectivity index (χ4v) is 4.53. The van der Waals surface area contributed by atoms with E-state index in [1.165, 1.54) is 32.1 Å². The number of methoxy groups -OCH3 is 2. The molecular weight excluding hydrogens is 414 g/mol. The number of rotatable bonds is 14. The van der Waals surface area contributed by atoms with Crippen LogP contribution < -0.4 is 14.8 Å². The predicted octanol–water partition coefficient (Wildman–Crippen LogP) is 6.14. The molecule has 0 aliphatic heterocycles. The van der Waals surface area contributed by atoms with Crippen LogP contribution in [0.4, 0.5) is 0 Å². The molecule has 5 nitrogen and oxygen atoms in total. The first-order valence-corrected chi connectivity index (χ1v) is 12.4. The topological polar surface area (TPSA) is 56.8 Å². The van der Waals surface area contributed by atoms with Crippen LogP contribution in [0.2, 0.25) is 0 Å². The summed E-state index contributed by atoms with van der Waals surface area (Å²) in [4.78, 5) is 12.8. The van der Waals surface area contributed by atoms with E-state index < -0.39 is 0 Å². The van der Waals surface area contributed by atoms with Crippen LogP contribution in [0.5, 0.6) is 11.5 Å². The minimum absolute atomic E-state index is 0.0875. The molecule has 0 heterocycles. The normalized spacial score (nSPS) is 16.9. The molecule has 0 saturated carbocycles. The van der Waals surface area contributed by atoms with Gasteiger partial charge < -0.3 is 19.5 Å². The SMILES string of the molecule is CCCCCCCCCC(=O)N[C@H]1c2cc(OC)c(OC)cc2C[C@@H]1OCc1ccccc1. The van der Waals surface area contributed by atoms with E-state index in [-0.39, 0.29) is 18.1 Å². The van der Waals surface area contributed by atoms with Crippen LogP contribution in [-0.4, -0.2) is 26.2 Å². The maximum atomic E-state index is 12.8. The van der Waals surface area contributed by atoms with Crippen molar-refractivity contribution in [1.29, 1.82) is 0 Å². The van der Waals surface area contributed by atoms with Gasteiger partial charge in [-0.05, 0) is 35.2 Å². The highest BCUT2D eigenvalue weighted by Gasteiger charge is 2.35. The van der Waals surface area contributed by atoms with E-state index in [4.69, 9.17) is 14.2 Å². The first-order chi connectivity index (χ1) is 16.2. The van der Waals surface area contributed by atoms with Gasteiger partial charge in [0.2, 0.25) is 5.91 Å². The third-order valence-electron chi connectivity index (χ3n) is 6.40. The largest absolute Gasteiger partial charge is 0.493 e. The fraction of sp³-hybridized carbons (Fsp3) is 0.536. The van der Waals surface area contributed by atoms with Gasteiger partial charge in [-0.1, -0.05) is 75.8 Å². The third-order valence-corrected chi connectivity index (χ3v) is 6.40. The number of ether oxygens (including phenoxy) is 3. The summed E-state index contributed by atoms with van der Waals surface area (Å²) in [6.45, 7) is 2.74. The van der Waals surface area contributed by atoms with Crippen molar-refractivity contribution in [3.05, 3.63) is 59.2 Å². The van der Waals surface area contributed by atoms with Crippen LogP contribution >= 0.6 is 0 Å². The lowest BCUT2D eigenvalue weighted by molar-refractivity contribution is -0.123. The van der Waals surface area contributed by atoms with Gasteiger partial charge in [-0.25, -0.2) is 0 Å². The number of benzene rings is 2. The van der Waals surface area contributed by atoms with Gasteiger partial charge in [0.25, 0.3) is 0 Å². The molecule has 0 unspecified atom stereocenters. The quantitative estimate of drug-likeness (QED) is 0.349. The van der Waals surface area contributed by atoms with Crippen LogP contribution in [0, 0.1) is 0 Å². The zero-order valence-corrected chi connectivity index (χ0v) is 20.4. The molecule has 180 valence electrons. The van der Waals surface area contributed by atoms with Crippen LogP contribution in [0.1, 0.15) is 81.0 Å². The van der Waals surface area contributed by atoms with E-state index in [2.05, 4.69) is 24.4 Å². The molecule has 5 heteroatoms. The van der Waals surface area contributed by atoms with Gasteiger partial charge in [-0.15, -0.1) is 0 Å². The second-order valence-corrected chi connectivity index (χ2v) is 8.86. The van der Waals surface area contributed by atoms with E-state index in [0.29, 0.717) is 24.5 Å². The molecule has 1 N–H and O–H groups in total. The van der Waals surface area contributed by atoms with Gasteiger partial charge in [0.1, 0.15) is 0 Å². The molecule has 2 aromatic rings. The molecule has 33 heavy (non-hydrogen) atoms. The van der Waals surface area contributed by atoms with Gasteiger partial charge in [0, 0.05) is 12.8 Å². The Morgan fingerprint density at radius 2 is 1.61 bits per heavy atom. The second-order valence-electron chi connectivity index (χ2n) is 8.86. The number of nitrogens with one attached hydrogen (secondary N) is 1. The standard InChI is InChI=1S/C28H39NO4/c1-4-5-6-7-8-9-13-16-27(30)29-28-23-19-25(32-3)24(31-2)17-22(23)18-26(28)33-20-21-14-11-10-12-15-21/h10-12,14-15,17,19,26,28H,4-9,13,16,18,20H2,1-3H3,(H,29,30)/t26-,28-/m0/s1. The van der Waals surface area contributed by atoms with Crippen molar-refractivity contribution in [2.45, 2.75) is 83.5 Å². The Morgan fingerprint density at radius 3 is 2.30 bits per heavy atom. The van der Waals surface area contributed by atoms with Gasteiger partial charge in [0.05, 0.1) is 33.0 Å². The lowest BCUT2D eigenvalue weighted by Gasteiger charge is -2.23. The van der Waals surface area contributed by atoms with E-state index in [9.17, 15) is 4.79 Å². The summed E-state index contributed by atoms with van der Waals surface area (Å²) >= 11 is 0. The molecule has 0 radical (unpaired) electrons. The van der Waals surface area contributed by atoms with Crippen molar-refractivity contribution in [1.82, 2.24) is 5.32 Å². The van der Waals surface area contributed by atoms with Crippen molar-refractivity contribution in [2.75, 3.05) is 14.2 Å². The first kappa shape index (κ1) is 25.1. The zero-order chi connectivity index (χ0) is 23.5. The second kappa shape index (κ2) is 13.2. The average molecular weight is 454 g/mol. The van der Waals surface area contributed by atoms with E-state index in [1.54, 1.807) is 14.2 Å². The molecule has 0 bridgehead atoms. The van der Waals surface area contributed by atoms with Crippen LogP contribution in [0.15, 0.2) is 42.5 Å². The Hall–Kier alpha value is -2.53. The summed E-state index contributed by atoms with van der Waals surface area (Å²) in [5.41, 5.74) is 3.31. The number of carbonyl (C=O) groups excluding carboxylic acids is 1. The van der Waals surface area contributed by atoms with Crippen LogP contribution in [0.3, 0.4) is 0 Å². The Morgan fingerprint density at radius 1 is 0.939 bits per heavy atom. The molecule has 0 spiro atoms. The highest BCUT2D eigenvalue weighted by atomic mass is 16.5. The molecule has 0 saturated heterocycles. The number of unbranched alkanes of at least 4 members (excludes halogenated alkanes) is 6. The van der Waals surface area contributed by atoms with Gasteiger partial charge in [-0.3, -0.25) is 4.79 Å². The third kappa shape index (κ3) is 7.23. The first-order valence-electron chi connectivity index (χ1n) is 12.4. The summed E-state index contributed by atoms with van der Waals surface area (Å²) in [7, 11) is 3.28.